The Morgan fingerprint density at radius 3 is 3.12 bits per heavy atom. The number of aromatic nitrogens is 3. The molecule has 0 aliphatic carbocycles. The van der Waals surface area contributed by atoms with Crippen molar-refractivity contribution in [1.82, 2.24) is 15.0 Å². The number of nitrogens with one attached hydrogen (secondary N) is 1. The Morgan fingerprint density at radius 1 is 1.42 bits per heavy atom. The number of pyridine rings is 1. The Hall–Kier alpha value is -2.41. The lowest BCUT2D eigenvalue weighted by Crippen LogP contribution is -2.01. The molecule has 0 amide bonds. The van der Waals surface area contributed by atoms with Crippen molar-refractivity contribution in [2.24, 2.45) is 0 Å². The number of hydrogen-bond donors (Lipinski definition) is 1. The minimum atomic E-state index is -1.31. The molecule has 1 aromatic carbocycles. The van der Waals surface area contributed by atoms with E-state index in [-0.39, 0.29) is 0 Å². The van der Waals surface area contributed by atoms with Crippen LogP contribution >= 0.6 is 0 Å². The van der Waals surface area contributed by atoms with Gasteiger partial charge in [-0.1, -0.05) is 6.92 Å². The van der Waals surface area contributed by atoms with Crippen LogP contribution in [0.5, 0.6) is 11.5 Å². The average molecular weight is 343 g/mol. The molecule has 0 saturated carbocycles. The zero-order chi connectivity index (χ0) is 16.7. The van der Waals surface area contributed by atoms with Crippen molar-refractivity contribution in [3.05, 3.63) is 41.7 Å². The maximum atomic E-state index is 12.6. The maximum absolute atomic E-state index is 12.6. The van der Waals surface area contributed by atoms with Gasteiger partial charge in [0.1, 0.15) is 11.5 Å². The summed E-state index contributed by atoms with van der Waals surface area (Å²) < 4.78 is 23.4. The monoisotopic (exact) mass is 343 g/mol. The molecule has 7 heteroatoms. The van der Waals surface area contributed by atoms with Crippen LogP contribution in [0.1, 0.15) is 24.1 Å². The molecule has 3 heterocycles. The van der Waals surface area contributed by atoms with Gasteiger partial charge in [0.2, 0.25) is 0 Å². The molecule has 1 aliphatic rings. The van der Waals surface area contributed by atoms with Crippen LogP contribution in [0, 0.1) is 0 Å². The smallest absolute Gasteiger partial charge is 0.197 e. The third-order valence-electron chi connectivity index (χ3n) is 4.13. The van der Waals surface area contributed by atoms with Crippen LogP contribution < -0.4 is 9.47 Å². The topological polar surface area (TPSA) is 77.1 Å². The van der Waals surface area contributed by atoms with Crippen molar-refractivity contribution in [3.63, 3.8) is 0 Å². The number of rotatable bonds is 4. The van der Waals surface area contributed by atoms with E-state index in [1.54, 1.807) is 7.11 Å². The van der Waals surface area contributed by atoms with Crippen molar-refractivity contribution in [1.29, 1.82) is 0 Å². The predicted molar refractivity (Wildman–Crippen MR) is 90.9 cm³/mol. The molecular weight excluding hydrogens is 326 g/mol. The Kier molecular flexibility index (Phi) is 3.72. The van der Waals surface area contributed by atoms with Crippen molar-refractivity contribution in [2.75, 3.05) is 13.7 Å². The molecular formula is C17H17N3O3S. The predicted octanol–water partition coefficient (Wildman–Crippen LogP) is 2.77. The van der Waals surface area contributed by atoms with Gasteiger partial charge < -0.3 is 14.5 Å². The molecule has 2 atom stereocenters. The molecule has 0 fully saturated rings. The highest BCUT2D eigenvalue weighted by molar-refractivity contribution is 7.84. The standard InChI is InChI=1S/C17H17N3O3S/c1-10-8-23-16-5-11(18-7-13(10)16)9-24(21)17-19-14-4-3-12(22-2)6-15(14)20-17/h3-7,10H,8-9H2,1-2H3,(H,19,20). The summed E-state index contributed by atoms with van der Waals surface area (Å²) in [6.45, 7) is 2.78. The van der Waals surface area contributed by atoms with Gasteiger partial charge in [-0.05, 0) is 12.1 Å². The molecule has 4 rings (SSSR count). The Labute approximate surface area is 141 Å². The lowest BCUT2D eigenvalue weighted by atomic mass is 10.1. The van der Waals surface area contributed by atoms with E-state index in [4.69, 9.17) is 9.47 Å². The number of fused-ring (bicyclic) bond motifs is 2. The molecule has 24 heavy (non-hydrogen) atoms. The van der Waals surface area contributed by atoms with Crippen LogP contribution in [-0.4, -0.2) is 32.9 Å². The second kappa shape index (κ2) is 5.90. The Bertz CT molecular complexity index is 938. The van der Waals surface area contributed by atoms with E-state index in [1.807, 2.05) is 30.5 Å². The fourth-order valence-corrected chi connectivity index (χ4v) is 3.76. The molecule has 0 bridgehead atoms. The van der Waals surface area contributed by atoms with Crippen LogP contribution in [-0.2, 0) is 16.6 Å². The van der Waals surface area contributed by atoms with Crippen LogP contribution in [0.2, 0.25) is 0 Å². The second-order valence-electron chi connectivity index (χ2n) is 5.84. The quantitative estimate of drug-likeness (QED) is 0.788. The highest BCUT2D eigenvalue weighted by Gasteiger charge is 2.21. The summed E-state index contributed by atoms with van der Waals surface area (Å²) in [5.74, 6) is 2.23. The first-order valence-corrected chi connectivity index (χ1v) is 8.99. The number of nitrogens with zero attached hydrogens (tertiary/aromatic N) is 2. The molecule has 0 saturated heterocycles. The van der Waals surface area contributed by atoms with Crippen LogP contribution in [0.4, 0.5) is 0 Å². The number of methoxy groups -OCH3 is 1. The van der Waals surface area contributed by atoms with E-state index >= 15 is 0 Å². The van der Waals surface area contributed by atoms with Crippen molar-refractivity contribution >= 4 is 21.8 Å². The fraction of sp³-hybridized carbons (Fsp3) is 0.294. The van der Waals surface area contributed by atoms with E-state index in [1.165, 1.54) is 0 Å². The third-order valence-corrected chi connectivity index (χ3v) is 5.32. The summed E-state index contributed by atoms with van der Waals surface area (Å²) in [4.78, 5) is 11.9. The number of H-pyrrole nitrogens is 1. The van der Waals surface area contributed by atoms with E-state index < -0.39 is 10.8 Å². The first-order chi connectivity index (χ1) is 11.6. The Balaban J connectivity index is 1.58. The molecule has 124 valence electrons. The lowest BCUT2D eigenvalue weighted by Gasteiger charge is -2.03. The van der Waals surface area contributed by atoms with Crippen molar-refractivity contribution < 1.29 is 13.7 Å². The number of imidazole rings is 1. The van der Waals surface area contributed by atoms with Crippen LogP contribution in [0.15, 0.2) is 35.6 Å². The van der Waals surface area contributed by atoms with Gasteiger partial charge in [0.05, 0.1) is 47.0 Å². The molecule has 1 N–H and O–H groups in total. The SMILES string of the molecule is COc1ccc2nc(S(=O)Cc3cc4c(cn3)C(C)CO4)[nH]c2c1. The summed E-state index contributed by atoms with van der Waals surface area (Å²) in [6, 6.07) is 7.39. The number of aromatic amines is 1. The highest BCUT2D eigenvalue weighted by atomic mass is 32.2. The lowest BCUT2D eigenvalue weighted by molar-refractivity contribution is 0.337. The Morgan fingerprint density at radius 2 is 2.29 bits per heavy atom. The van der Waals surface area contributed by atoms with Gasteiger partial charge in [0, 0.05) is 29.8 Å². The minimum Gasteiger partial charge on any atom is -0.497 e. The normalized spacial score (nSPS) is 17.5. The van der Waals surface area contributed by atoms with Gasteiger partial charge in [-0.2, -0.15) is 0 Å². The summed E-state index contributed by atoms with van der Waals surface area (Å²) in [6.07, 6.45) is 1.82. The van der Waals surface area contributed by atoms with Gasteiger partial charge in [0.15, 0.2) is 5.16 Å². The molecule has 3 aromatic rings. The van der Waals surface area contributed by atoms with E-state index in [9.17, 15) is 4.21 Å². The van der Waals surface area contributed by atoms with Gasteiger partial charge in [-0.3, -0.25) is 9.19 Å². The zero-order valence-corrected chi connectivity index (χ0v) is 14.2. The van der Waals surface area contributed by atoms with Crippen LogP contribution in [0.3, 0.4) is 0 Å². The molecule has 2 unspecified atom stereocenters. The number of benzene rings is 1. The van der Waals surface area contributed by atoms with Gasteiger partial charge in [-0.25, -0.2) is 4.98 Å². The first kappa shape index (κ1) is 15.1. The summed E-state index contributed by atoms with van der Waals surface area (Å²) in [5, 5.41) is 0.440. The second-order valence-corrected chi connectivity index (χ2v) is 7.21. The number of ether oxygens (including phenoxy) is 2. The van der Waals surface area contributed by atoms with Crippen molar-refractivity contribution in [2.45, 2.75) is 23.8 Å². The van der Waals surface area contributed by atoms with Crippen molar-refractivity contribution in [3.8, 4) is 11.5 Å². The largest absolute Gasteiger partial charge is 0.497 e. The maximum Gasteiger partial charge on any atom is 0.197 e. The zero-order valence-electron chi connectivity index (χ0n) is 13.4. The molecule has 0 spiro atoms. The fourth-order valence-electron chi connectivity index (χ4n) is 2.77. The summed E-state index contributed by atoms with van der Waals surface area (Å²) in [5.41, 5.74) is 3.41. The molecule has 2 aromatic heterocycles. The van der Waals surface area contributed by atoms with Gasteiger partial charge in [-0.15, -0.1) is 0 Å². The van der Waals surface area contributed by atoms with Gasteiger partial charge >= 0.3 is 0 Å². The van der Waals surface area contributed by atoms with Gasteiger partial charge in [0.25, 0.3) is 0 Å². The third kappa shape index (κ3) is 2.65. The van der Waals surface area contributed by atoms with E-state index in [0.717, 1.165) is 33.8 Å². The summed E-state index contributed by atoms with van der Waals surface area (Å²) >= 11 is 0. The molecule has 1 aliphatic heterocycles. The van der Waals surface area contributed by atoms with E-state index in [2.05, 4.69) is 21.9 Å². The number of hydrogen-bond acceptors (Lipinski definition) is 5. The first-order valence-electron chi connectivity index (χ1n) is 7.68. The van der Waals surface area contributed by atoms with Crippen LogP contribution in [0.25, 0.3) is 11.0 Å². The molecule has 6 nitrogen and oxygen atoms in total. The minimum absolute atomic E-state index is 0.294. The summed E-state index contributed by atoms with van der Waals surface area (Å²) in [7, 11) is 0.304. The van der Waals surface area contributed by atoms with E-state index in [0.29, 0.717) is 23.4 Å². The highest BCUT2D eigenvalue weighted by Crippen LogP contribution is 2.33. The average Bonchev–Trinajstić information content (AvgIpc) is 3.18. The molecule has 0 radical (unpaired) electrons.